The van der Waals surface area contributed by atoms with Crippen molar-refractivity contribution in [3.8, 4) is 0 Å². The normalized spacial score (nSPS) is 18.3. The molecule has 1 fully saturated rings. The Labute approximate surface area is 194 Å². The topological polar surface area (TPSA) is 69.9 Å². The van der Waals surface area contributed by atoms with Gasteiger partial charge in [0.1, 0.15) is 5.54 Å². The Bertz CT molecular complexity index is 1180. The van der Waals surface area contributed by atoms with Crippen LogP contribution in [0.25, 0.3) is 0 Å². The van der Waals surface area contributed by atoms with Gasteiger partial charge in [-0.25, -0.2) is 0 Å². The smallest absolute Gasteiger partial charge is 0.341 e. The number of benzene rings is 2. The molecule has 0 spiro atoms. The van der Waals surface area contributed by atoms with E-state index in [-0.39, 0.29) is 28.8 Å². The third kappa shape index (κ3) is 3.67. The van der Waals surface area contributed by atoms with Crippen LogP contribution in [0.4, 0.5) is 24.5 Å². The summed E-state index contributed by atoms with van der Waals surface area (Å²) in [7, 11) is 1.72. The van der Waals surface area contributed by atoms with Gasteiger partial charge in [-0.15, -0.1) is 0 Å². The molecule has 0 unspecified atom stereocenters. The molecule has 0 radical (unpaired) electrons. The molecule has 10 heteroatoms. The molecule has 0 aromatic heterocycles. The zero-order valence-corrected chi connectivity index (χ0v) is 19.2. The predicted octanol–water partition coefficient (Wildman–Crippen LogP) is 3.71. The number of hydrogen-bond donors (Lipinski definition) is 1. The summed E-state index contributed by atoms with van der Waals surface area (Å²) in [5, 5.41) is 0.0372. The zero-order chi connectivity index (χ0) is 24.3. The molecule has 2 aromatic rings. The molecular formula is C23H23F3N4O2S. The van der Waals surface area contributed by atoms with Crippen molar-refractivity contribution in [3.05, 3.63) is 58.7 Å². The number of alkyl halides is 3. The number of amides is 2. The first kappa shape index (κ1) is 23.2. The van der Waals surface area contributed by atoms with Gasteiger partial charge in [0.15, 0.2) is 5.11 Å². The number of nitrogens with two attached hydrogens (primary N) is 1. The Kier molecular flexibility index (Phi) is 5.49. The molecule has 2 heterocycles. The molecule has 0 saturated carbocycles. The first-order valence-corrected chi connectivity index (χ1v) is 10.8. The highest BCUT2D eigenvalue weighted by atomic mass is 32.1. The van der Waals surface area contributed by atoms with Gasteiger partial charge < -0.3 is 15.5 Å². The van der Waals surface area contributed by atoms with Crippen LogP contribution < -0.4 is 15.5 Å². The van der Waals surface area contributed by atoms with Crippen molar-refractivity contribution < 1.29 is 22.8 Å². The van der Waals surface area contributed by atoms with Gasteiger partial charge in [0.2, 0.25) is 0 Å². The number of carbonyl (C=O) groups is 2. The van der Waals surface area contributed by atoms with Crippen LogP contribution in [0.15, 0.2) is 36.4 Å². The molecule has 2 aliphatic rings. The molecule has 2 N–H and O–H groups in total. The summed E-state index contributed by atoms with van der Waals surface area (Å²) in [5.41, 5.74) is 5.29. The maximum Gasteiger partial charge on any atom is 0.416 e. The van der Waals surface area contributed by atoms with Crippen LogP contribution in [0.2, 0.25) is 0 Å². The fraction of sp³-hybridized carbons (Fsp3) is 0.348. The molecule has 33 heavy (non-hydrogen) atoms. The Morgan fingerprint density at radius 1 is 1.09 bits per heavy atom. The molecule has 6 nitrogen and oxygen atoms in total. The van der Waals surface area contributed by atoms with Crippen LogP contribution >= 0.6 is 12.2 Å². The lowest BCUT2D eigenvalue weighted by atomic mass is 9.97. The van der Waals surface area contributed by atoms with E-state index in [4.69, 9.17) is 18.0 Å². The van der Waals surface area contributed by atoms with Crippen molar-refractivity contribution in [1.29, 1.82) is 0 Å². The van der Waals surface area contributed by atoms with E-state index in [1.54, 1.807) is 42.8 Å². The molecular weight excluding hydrogens is 453 g/mol. The van der Waals surface area contributed by atoms with Crippen molar-refractivity contribution in [1.82, 2.24) is 4.90 Å². The van der Waals surface area contributed by atoms with E-state index in [0.29, 0.717) is 24.2 Å². The van der Waals surface area contributed by atoms with Crippen LogP contribution in [-0.4, -0.2) is 41.0 Å². The number of thiocarbonyl (C=S) groups is 1. The van der Waals surface area contributed by atoms with E-state index in [1.807, 2.05) is 6.07 Å². The summed E-state index contributed by atoms with van der Waals surface area (Å²) in [6, 6.07) is 8.87. The Balaban J connectivity index is 1.79. The second-order valence-corrected chi connectivity index (χ2v) is 9.04. The van der Waals surface area contributed by atoms with Gasteiger partial charge >= 0.3 is 6.18 Å². The minimum Gasteiger partial charge on any atom is -0.341 e. The van der Waals surface area contributed by atoms with E-state index in [2.05, 4.69) is 0 Å². The minimum absolute atomic E-state index is 0.0128. The van der Waals surface area contributed by atoms with Gasteiger partial charge in [-0.3, -0.25) is 14.5 Å². The van der Waals surface area contributed by atoms with Crippen molar-refractivity contribution in [3.63, 3.8) is 0 Å². The van der Waals surface area contributed by atoms with Gasteiger partial charge in [-0.05, 0) is 67.9 Å². The van der Waals surface area contributed by atoms with Gasteiger partial charge in [0.05, 0.1) is 11.3 Å². The summed E-state index contributed by atoms with van der Waals surface area (Å²) >= 11 is 5.59. The molecule has 0 bridgehead atoms. The van der Waals surface area contributed by atoms with Crippen LogP contribution in [0.1, 0.15) is 40.9 Å². The first-order chi connectivity index (χ1) is 15.4. The SMILES string of the molecule is CN1CCc2ccc(N3C(=S)N(c4ccc(CN)c(C(F)(F)F)c4)C(=O)C3(C)C)cc2C1=O. The maximum absolute atomic E-state index is 13.6. The summed E-state index contributed by atoms with van der Waals surface area (Å²) in [6.45, 7) is 3.62. The summed E-state index contributed by atoms with van der Waals surface area (Å²) < 4.78 is 40.7. The lowest BCUT2D eigenvalue weighted by molar-refractivity contribution is -0.138. The Morgan fingerprint density at radius 2 is 1.76 bits per heavy atom. The van der Waals surface area contributed by atoms with Crippen LogP contribution in [0.5, 0.6) is 0 Å². The molecule has 174 valence electrons. The fourth-order valence-electron chi connectivity index (χ4n) is 4.32. The standard InChI is InChI=1S/C23H23F3N4O2S/c1-22(2)20(32)29(15-6-5-14(12-27)18(11-15)23(24,25)26)21(33)30(22)16-7-4-13-8-9-28(3)19(31)17(13)10-16/h4-7,10-11H,8-9,12,27H2,1-3H3. The summed E-state index contributed by atoms with van der Waals surface area (Å²) in [4.78, 5) is 30.3. The largest absolute Gasteiger partial charge is 0.416 e. The summed E-state index contributed by atoms with van der Waals surface area (Å²) in [6.07, 6.45) is -3.92. The van der Waals surface area contributed by atoms with Crippen molar-refractivity contribution >= 4 is 40.5 Å². The van der Waals surface area contributed by atoms with Crippen molar-refractivity contribution in [2.24, 2.45) is 5.73 Å². The highest BCUT2D eigenvalue weighted by Gasteiger charge is 2.51. The van der Waals surface area contributed by atoms with Gasteiger partial charge in [-0.2, -0.15) is 13.2 Å². The van der Waals surface area contributed by atoms with Gasteiger partial charge in [0, 0.05) is 31.4 Å². The average Bonchev–Trinajstić information content (AvgIpc) is 2.93. The third-order valence-corrected chi connectivity index (χ3v) is 6.56. The number of rotatable bonds is 3. The van der Waals surface area contributed by atoms with Crippen molar-refractivity contribution in [2.75, 3.05) is 23.4 Å². The van der Waals surface area contributed by atoms with Crippen molar-refractivity contribution in [2.45, 2.75) is 38.5 Å². The number of likely N-dealkylation sites (N-methyl/N-ethyl adjacent to an activating group) is 1. The number of anilines is 2. The van der Waals surface area contributed by atoms with E-state index in [1.165, 1.54) is 12.1 Å². The van der Waals surface area contributed by atoms with E-state index in [9.17, 15) is 22.8 Å². The molecule has 1 saturated heterocycles. The lowest BCUT2D eigenvalue weighted by Crippen LogP contribution is -2.44. The molecule has 0 aliphatic carbocycles. The monoisotopic (exact) mass is 476 g/mol. The number of hydrogen-bond acceptors (Lipinski definition) is 4. The maximum atomic E-state index is 13.6. The van der Waals surface area contributed by atoms with E-state index < -0.39 is 23.2 Å². The second kappa shape index (κ2) is 7.81. The van der Waals surface area contributed by atoms with E-state index >= 15 is 0 Å². The highest BCUT2D eigenvalue weighted by molar-refractivity contribution is 7.81. The predicted molar refractivity (Wildman–Crippen MR) is 123 cm³/mol. The Morgan fingerprint density at radius 3 is 2.39 bits per heavy atom. The molecule has 0 atom stereocenters. The highest BCUT2D eigenvalue weighted by Crippen LogP contribution is 2.40. The first-order valence-electron chi connectivity index (χ1n) is 10.3. The lowest BCUT2D eigenvalue weighted by Gasteiger charge is -2.31. The second-order valence-electron chi connectivity index (χ2n) is 8.68. The van der Waals surface area contributed by atoms with E-state index in [0.717, 1.165) is 16.5 Å². The van der Waals surface area contributed by atoms with Crippen LogP contribution in [-0.2, 0) is 23.9 Å². The van der Waals surface area contributed by atoms with Crippen LogP contribution in [0.3, 0.4) is 0 Å². The zero-order valence-electron chi connectivity index (χ0n) is 18.4. The quantitative estimate of drug-likeness (QED) is 0.684. The van der Waals surface area contributed by atoms with Gasteiger partial charge in [0.25, 0.3) is 11.8 Å². The molecule has 2 aromatic carbocycles. The van der Waals surface area contributed by atoms with Gasteiger partial charge in [-0.1, -0.05) is 12.1 Å². The van der Waals surface area contributed by atoms with Crippen LogP contribution in [0, 0.1) is 0 Å². The number of nitrogens with zero attached hydrogens (tertiary/aromatic N) is 3. The molecule has 4 rings (SSSR count). The number of halogens is 3. The molecule has 2 amide bonds. The number of fused-ring (bicyclic) bond motifs is 1. The minimum atomic E-state index is -4.63. The average molecular weight is 477 g/mol. The third-order valence-electron chi connectivity index (χ3n) is 6.19. The Hall–Kier alpha value is -2.98. The molecule has 2 aliphatic heterocycles. The number of carbonyl (C=O) groups excluding carboxylic acids is 2. The fourth-order valence-corrected chi connectivity index (χ4v) is 4.84. The summed E-state index contributed by atoms with van der Waals surface area (Å²) in [5.74, 6) is -0.598.